The molecule has 1 amide bonds. The summed E-state index contributed by atoms with van der Waals surface area (Å²) < 4.78 is 5.30. The molecule has 0 fully saturated rings. The van der Waals surface area contributed by atoms with E-state index in [1.165, 1.54) is 6.21 Å². The summed E-state index contributed by atoms with van der Waals surface area (Å²) in [7, 11) is 0. The van der Waals surface area contributed by atoms with Gasteiger partial charge in [0.15, 0.2) is 11.5 Å². The van der Waals surface area contributed by atoms with E-state index in [-0.39, 0.29) is 11.7 Å². The van der Waals surface area contributed by atoms with Crippen molar-refractivity contribution < 1.29 is 14.6 Å². The first kappa shape index (κ1) is 16.5. The molecule has 0 unspecified atom stereocenters. The minimum absolute atomic E-state index is 0.00105. The van der Waals surface area contributed by atoms with Crippen LogP contribution in [-0.2, 0) is 0 Å². The topological polar surface area (TPSA) is 70.9 Å². The lowest BCUT2D eigenvalue weighted by Crippen LogP contribution is -2.18. The Kier molecular flexibility index (Phi) is 5.36. The van der Waals surface area contributed by atoms with E-state index in [1.54, 1.807) is 24.3 Å². The first-order valence-corrected chi connectivity index (χ1v) is 7.38. The molecule has 0 heterocycles. The SMILES string of the molecule is CCOc1cccc(/C=N/NC(=O)c2ccc(C)cc2C)c1O. The highest BCUT2D eigenvalue weighted by molar-refractivity contribution is 5.96. The van der Waals surface area contributed by atoms with E-state index in [1.807, 2.05) is 32.9 Å². The molecule has 5 nitrogen and oxygen atoms in total. The van der Waals surface area contributed by atoms with E-state index in [2.05, 4.69) is 10.5 Å². The number of hydrogen-bond acceptors (Lipinski definition) is 4. The number of ether oxygens (including phenoxy) is 1. The number of amides is 1. The van der Waals surface area contributed by atoms with E-state index in [0.29, 0.717) is 23.5 Å². The largest absolute Gasteiger partial charge is 0.504 e. The van der Waals surface area contributed by atoms with Gasteiger partial charge in [-0.3, -0.25) is 4.79 Å². The molecule has 5 heteroatoms. The maximum atomic E-state index is 12.1. The zero-order valence-electron chi connectivity index (χ0n) is 13.5. The van der Waals surface area contributed by atoms with Crippen LogP contribution in [0.5, 0.6) is 11.5 Å². The summed E-state index contributed by atoms with van der Waals surface area (Å²) >= 11 is 0. The number of nitrogens with one attached hydrogen (secondary N) is 1. The zero-order valence-corrected chi connectivity index (χ0v) is 13.5. The predicted octanol–water partition coefficient (Wildman–Crippen LogP) is 3.17. The number of nitrogens with zero attached hydrogens (tertiary/aromatic N) is 1. The molecule has 23 heavy (non-hydrogen) atoms. The Labute approximate surface area is 135 Å². The number of carbonyl (C=O) groups excluding carboxylic acids is 1. The fourth-order valence-electron chi connectivity index (χ4n) is 2.20. The van der Waals surface area contributed by atoms with Crippen molar-refractivity contribution >= 4 is 12.1 Å². The van der Waals surface area contributed by atoms with Crippen molar-refractivity contribution in [3.05, 3.63) is 58.7 Å². The van der Waals surface area contributed by atoms with Crippen molar-refractivity contribution in [3.63, 3.8) is 0 Å². The molecule has 0 aliphatic rings. The highest BCUT2D eigenvalue weighted by Crippen LogP contribution is 2.28. The van der Waals surface area contributed by atoms with Crippen LogP contribution in [0.1, 0.15) is 34.0 Å². The standard InChI is InChI=1S/C18H20N2O3/c1-4-23-16-7-5-6-14(17(16)21)11-19-20-18(22)15-9-8-12(2)10-13(15)3/h5-11,21H,4H2,1-3H3,(H,20,22)/b19-11+. The highest BCUT2D eigenvalue weighted by Gasteiger charge is 2.08. The van der Waals surface area contributed by atoms with Gasteiger partial charge in [-0.1, -0.05) is 23.8 Å². The smallest absolute Gasteiger partial charge is 0.271 e. The number of benzene rings is 2. The minimum atomic E-state index is -0.292. The fourth-order valence-corrected chi connectivity index (χ4v) is 2.20. The molecule has 0 saturated heterocycles. The first-order chi connectivity index (χ1) is 11.0. The molecule has 0 aliphatic carbocycles. The number of phenols is 1. The van der Waals surface area contributed by atoms with E-state index in [0.717, 1.165) is 11.1 Å². The monoisotopic (exact) mass is 312 g/mol. The maximum absolute atomic E-state index is 12.1. The van der Waals surface area contributed by atoms with Gasteiger partial charge in [-0.2, -0.15) is 5.10 Å². The molecule has 120 valence electrons. The van der Waals surface area contributed by atoms with Gasteiger partial charge in [0, 0.05) is 11.1 Å². The molecule has 0 spiro atoms. The third-order valence-corrected chi connectivity index (χ3v) is 3.33. The Morgan fingerprint density at radius 2 is 2.09 bits per heavy atom. The highest BCUT2D eigenvalue weighted by atomic mass is 16.5. The Morgan fingerprint density at radius 1 is 1.30 bits per heavy atom. The third-order valence-electron chi connectivity index (χ3n) is 3.33. The summed E-state index contributed by atoms with van der Waals surface area (Å²) in [5, 5.41) is 14.0. The summed E-state index contributed by atoms with van der Waals surface area (Å²) in [6, 6.07) is 10.7. The number of rotatable bonds is 5. The average molecular weight is 312 g/mol. The summed E-state index contributed by atoms with van der Waals surface area (Å²) in [5.41, 5.74) is 5.49. The van der Waals surface area contributed by atoms with Crippen molar-refractivity contribution in [2.75, 3.05) is 6.61 Å². The van der Waals surface area contributed by atoms with Crippen LogP contribution in [-0.4, -0.2) is 23.8 Å². The van der Waals surface area contributed by atoms with Crippen molar-refractivity contribution in [3.8, 4) is 11.5 Å². The Bertz CT molecular complexity index is 739. The second-order valence-electron chi connectivity index (χ2n) is 5.14. The lowest BCUT2D eigenvalue weighted by molar-refractivity contribution is 0.0954. The third kappa shape index (κ3) is 4.10. The zero-order chi connectivity index (χ0) is 16.8. The molecule has 0 aromatic heterocycles. The van der Waals surface area contributed by atoms with Gasteiger partial charge in [-0.25, -0.2) is 5.43 Å². The van der Waals surface area contributed by atoms with E-state index < -0.39 is 0 Å². The Morgan fingerprint density at radius 3 is 2.78 bits per heavy atom. The van der Waals surface area contributed by atoms with E-state index >= 15 is 0 Å². The van der Waals surface area contributed by atoms with Crippen LogP contribution in [0.15, 0.2) is 41.5 Å². The normalized spacial score (nSPS) is 10.7. The number of hydrogen-bond donors (Lipinski definition) is 2. The number of aromatic hydroxyl groups is 1. The predicted molar refractivity (Wildman–Crippen MR) is 90.3 cm³/mol. The van der Waals surface area contributed by atoms with Gasteiger partial charge in [0.25, 0.3) is 5.91 Å². The summed E-state index contributed by atoms with van der Waals surface area (Å²) in [6.07, 6.45) is 1.39. The van der Waals surface area contributed by atoms with Crippen molar-refractivity contribution in [1.29, 1.82) is 0 Å². The lowest BCUT2D eigenvalue weighted by Gasteiger charge is -2.07. The average Bonchev–Trinajstić information content (AvgIpc) is 2.51. The molecule has 0 saturated carbocycles. The van der Waals surface area contributed by atoms with Crippen LogP contribution in [0.2, 0.25) is 0 Å². The van der Waals surface area contributed by atoms with Gasteiger partial charge < -0.3 is 9.84 Å². The van der Waals surface area contributed by atoms with Gasteiger partial charge in [0.1, 0.15) is 0 Å². The van der Waals surface area contributed by atoms with Crippen LogP contribution in [0.4, 0.5) is 0 Å². The molecule has 0 radical (unpaired) electrons. The number of hydrazone groups is 1. The number of para-hydroxylation sites is 1. The minimum Gasteiger partial charge on any atom is -0.504 e. The molecule has 2 aromatic carbocycles. The number of phenolic OH excluding ortho intramolecular Hbond substituents is 1. The van der Waals surface area contributed by atoms with E-state index in [9.17, 15) is 9.90 Å². The summed E-state index contributed by atoms with van der Waals surface area (Å²) in [5.74, 6) is 0.0928. The quantitative estimate of drug-likeness (QED) is 0.658. The number of carbonyl (C=O) groups is 1. The molecular formula is C18H20N2O3. The van der Waals surface area contributed by atoms with Gasteiger partial charge in [0.05, 0.1) is 12.8 Å². The maximum Gasteiger partial charge on any atom is 0.271 e. The lowest BCUT2D eigenvalue weighted by atomic mass is 10.1. The van der Waals surface area contributed by atoms with Crippen LogP contribution >= 0.6 is 0 Å². The molecule has 2 N–H and O–H groups in total. The van der Waals surface area contributed by atoms with Crippen molar-refractivity contribution in [1.82, 2.24) is 5.43 Å². The second kappa shape index (κ2) is 7.45. The van der Waals surface area contributed by atoms with Crippen LogP contribution < -0.4 is 10.2 Å². The molecule has 0 bridgehead atoms. The summed E-state index contributed by atoms with van der Waals surface area (Å²) in [4.78, 5) is 12.1. The Balaban J connectivity index is 2.10. The fraction of sp³-hybridized carbons (Fsp3) is 0.222. The Hall–Kier alpha value is -2.82. The van der Waals surface area contributed by atoms with Crippen molar-refractivity contribution in [2.45, 2.75) is 20.8 Å². The van der Waals surface area contributed by atoms with Gasteiger partial charge in [-0.15, -0.1) is 0 Å². The molecule has 0 atom stereocenters. The van der Waals surface area contributed by atoms with Crippen molar-refractivity contribution in [2.24, 2.45) is 5.10 Å². The summed E-state index contributed by atoms with van der Waals surface area (Å²) in [6.45, 7) is 6.14. The molecular weight excluding hydrogens is 292 g/mol. The first-order valence-electron chi connectivity index (χ1n) is 7.38. The molecule has 2 aromatic rings. The molecule has 0 aliphatic heterocycles. The van der Waals surface area contributed by atoms with Crippen LogP contribution in [0.25, 0.3) is 0 Å². The molecule has 2 rings (SSSR count). The second-order valence-corrected chi connectivity index (χ2v) is 5.14. The van der Waals surface area contributed by atoms with Gasteiger partial charge in [-0.05, 0) is 44.5 Å². The van der Waals surface area contributed by atoms with Gasteiger partial charge in [0.2, 0.25) is 0 Å². The van der Waals surface area contributed by atoms with Crippen LogP contribution in [0.3, 0.4) is 0 Å². The van der Waals surface area contributed by atoms with Crippen LogP contribution in [0, 0.1) is 13.8 Å². The van der Waals surface area contributed by atoms with E-state index in [4.69, 9.17) is 4.74 Å². The number of aryl methyl sites for hydroxylation is 2. The van der Waals surface area contributed by atoms with Gasteiger partial charge >= 0.3 is 0 Å².